The van der Waals surface area contributed by atoms with Crippen molar-refractivity contribution in [1.82, 2.24) is 5.32 Å². The summed E-state index contributed by atoms with van der Waals surface area (Å²) in [6, 6.07) is 9.18. The summed E-state index contributed by atoms with van der Waals surface area (Å²) < 4.78 is 11.4. The molecule has 1 aromatic rings. The van der Waals surface area contributed by atoms with Crippen LogP contribution < -0.4 is 5.32 Å². The molecule has 1 aliphatic heterocycles. The van der Waals surface area contributed by atoms with Crippen molar-refractivity contribution in [1.29, 1.82) is 0 Å². The molecular weight excluding hydrogens is 258 g/mol. The Morgan fingerprint density at radius 1 is 1.45 bits per heavy atom. The van der Waals surface area contributed by atoms with Gasteiger partial charge in [0, 0.05) is 13.3 Å². The van der Waals surface area contributed by atoms with E-state index in [1.807, 2.05) is 37.3 Å². The summed E-state index contributed by atoms with van der Waals surface area (Å²) in [5.74, 6) is -0.208. The lowest BCUT2D eigenvalue weighted by Gasteiger charge is -2.38. The predicted octanol–water partition coefficient (Wildman–Crippen LogP) is 1.20. The van der Waals surface area contributed by atoms with E-state index in [4.69, 9.17) is 9.47 Å². The molecule has 2 N–H and O–H groups in total. The summed E-state index contributed by atoms with van der Waals surface area (Å²) >= 11 is 0. The minimum Gasteiger partial charge on any atom is -0.391 e. The lowest BCUT2D eigenvalue weighted by atomic mass is 10.0. The molecule has 0 unspecified atom stereocenters. The first kappa shape index (κ1) is 15.0. The molecule has 5 heteroatoms. The van der Waals surface area contributed by atoms with E-state index < -0.39 is 18.4 Å². The van der Waals surface area contributed by atoms with Crippen LogP contribution in [0.5, 0.6) is 0 Å². The van der Waals surface area contributed by atoms with Crippen LogP contribution in [0.2, 0.25) is 0 Å². The van der Waals surface area contributed by atoms with Gasteiger partial charge in [0.05, 0.1) is 18.8 Å². The Kier molecular flexibility index (Phi) is 5.11. The van der Waals surface area contributed by atoms with Gasteiger partial charge in [0.25, 0.3) is 0 Å². The zero-order valence-corrected chi connectivity index (χ0v) is 11.8. The highest BCUT2D eigenvalue weighted by Gasteiger charge is 2.37. The third kappa shape index (κ3) is 4.03. The highest BCUT2D eigenvalue weighted by atomic mass is 16.7. The first-order valence-electron chi connectivity index (χ1n) is 6.82. The van der Waals surface area contributed by atoms with Gasteiger partial charge in [-0.2, -0.15) is 0 Å². The third-order valence-electron chi connectivity index (χ3n) is 3.27. The van der Waals surface area contributed by atoms with E-state index in [0.717, 1.165) is 5.56 Å². The second kappa shape index (κ2) is 6.83. The van der Waals surface area contributed by atoms with Gasteiger partial charge in [0.2, 0.25) is 5.91 Å². The molecule has 0 bridgehead atoms. The molecule has 1 aliphatic rings. The predicted molar refractivity (Wildman–Crippen MR) is 73.8 cm³/mol. The molecule has 1 amide bonds. The summed E-state index contributed by atoms with van der Waals surface area (Å²) in [4.78, 5) is 11.2. The van der Waals surface area contributed by atoms with Crippen LogP contribution in [-0.2, 0) is 20.9 Å². The zero-order chi connectivity index (χ0) is 14.5. The summed E-state index contributed by atoms with van der Waals surface area (Å²) in [5, 5.41) is 12.8. The van der Waals surface area contributed by atoms with E-state index in [2.05, 4.69) is 5.32 Å². The Balaban J connectivity index is 1.99. The monoisotopic (exact) mass is 279 g/mol. The number of rotatable bonds is 4. The average molecular weight is 279 g/mol. The normalized spacial score (nSPS) is 29.9. The Labute approximate surface area is 118 Å². The molecule has 1 heterocycles. The topological polar surface area (TPSA) is 67.8 Å². The summed E-state index contributed by atoms with van der Waals surface area (Å²) in [6.45, 7) is 3.67. The van der Waals surface area contributed by atoms with Gasteiger partial charge >= 0.3 is 0 Å². The van der Waals surface area contributed by atoms with Crippen LogP contribution >= 0.6 is 0 Å². The van der Waals surface area contributed by atoms with E-state index in [0.29, 0.717) is 13.0 Å². The van der Waals surface area contributed by atoms with E-state index in [-0.39, 0.29) is 12.0 Å². The standard InChI is InChI=1S/C15H21NO4/c1-10-8-13(18)14(16-11(2)17)15(20-10)19-9-12-6-4-3-5-7-12/h3-7,10,13-15,18H,8-9H2,1-2H3,(H,16,17)/t10-,13+,14-,15-/m1/s1. The fourth-order valence-electron chi connectivity index (χ4n) is 2.33. The molecule has 1 fully saturated rings. The fourth-order valence-corrected chi connectivity index (χ4v) is 2.33. The largest absolute Gasteiger partial charge is 0.391 e. The Hall–Kier alpha value is -1.43. The van der Waals surface area contributed by atoms with Gasteiger partial charge in [-0.25, -0.2) is 0 Å². The highest BCUT2D eigenvalue weighted by Crippen LogP contribution is 2.22. The first-order chi connectivity index (χ1) is 9.56. The SMILES string of the molecule is CC(=O)N[C@H]1[C@H](OCc2ccccc2)O[C@H](C)C[C@@H]1O. The van der Waals surface area contributed by atoms with Gasteiger partial charge in [-0.15, -0.1) is 0 Å². The van der Waals surface area contributed by atoms with E-state index in [1.165, 1.54) is 6.92 Å². The van der Waals surface area contributed by atoms with Crippen molar-refractivity contribution in [2.24, 2.45) is 0 Å². The quantitative estimate of drug-likeness (QED) is 0.869. The summed E-state index contributed by atoms with van der Waals surface area (Å²) in [7, 11) is 0. The Morgan fingerprint density at radius 2 is 2.15 bits per heavy atom. The number of nitrogens with one attached hydrogen (secondary N) is 1. The van der Waals surface area contributed by atoms with Crippen LogP contribution in [0.3, 0.4) is 0 Å². The van der Waals surface area contributed by atoms with Gasteiger partial charge in [-0.3, -0.25) is 4.79 Å². The fraction of sp³-hybridized carbons (Fsp3) is 0.533. The van der Waals surface area contributed by atoms with Crippen molar-refractivity contribution in [3.63, 3.8) is 0 Å². The van der Waals surface area contributed by atoms with Crippen LogP contribution in [0.1, 0.15) is 25.8 Å². The maximum absolute atomic E-state index is 11.2. The number of carbonyl (C=O) groups excluding carboxylic acids is 1. The van der Waals surface area contributed by atoms with E-state index in [9.17, 15) is 9.90 Å². The molecule has 0 radical (unpaired) electrons. The number of benzene rings is 1. The summed E-state index contributed by atoms with van der Waals surface area (Å²) in [6.07, 6.45) is -0.923. The number of ether oxygens (including phenoxy) is 2. The van der Waals surface area contributed by atoms with Crippen molar-refractivity contribution >= 4 is 5.91 Å². The average Bonchev–Trinajstić information content (AvgIpc) is 2.40. The van der Waals surface area contributed by atoms with Crippen LogP contribution in [0.25, 0.3) is 0 Å². The van der Waals surface area contributed by atoms with Crippen LogP contribution in [0.4, 0.5) is 0 Å². The Bertz CT molecular complexity index is 437. The number of hydrogen-bond acceptors (Lipinski definition) is 4. The lowest BCUT2D eigenvalue weighted by Crippen LogP contribution is -2.57. The number of aliphatic hydroxyl groups is 1. The minimum atomic E-state index is -0.663. The van der Waals surface area contributed by atoms with Crippen LogP contribution in [0.15, 0.2) is 30.3 Å². The van der Waals surface area contributed by atoms with Gasteiger partial charge in [-0.1, -0.05) is 30.3 Å². The molecule has 20 heavy (non-hydrogen) atoms. The van der Waals surface area contributed by atoms with Crippen molar-refractivity contribution in [3.05, 3.63) is 35.9 Å². The molecule has 0 aromatic heterocycles. The number of aliphatic hydroxyl groups excluding tert-OH is 1. The third-order valence-corrected chi connectivity index (χ3v) is 3.27. The molecular formula is C15H21NO4. The minimum absolute atomic E-state index is 0.101. The maximum Gasteiger partial charge on any atom is 0.217 e. The smallest absolute Gasteiger partial charge is 0.217 e. The number of amides is 1. The molecule has 2 rings (SSSR count). The molecule has 5 nitrogen and oxygen atoms in total. The highest BCUT2D eigenvalue weighted by molar-refractivity contribution is 5.73. The van der Waals surface area contributed by atoms with E-state index in [1.54, 1.807) is 0 Å². The van der Waals surface area contributed by atoms with Crippen molar-refractivity contribution in [2.45, 2.75) is 51.4 Å². The van der Waals surface area contributed by atoms with Crippen molar-refractivity contribution < 1.29 is 19.4 Å². The van der Waals surface area contributed by atoms with Gasteiger partial charge in [-0.05, 0) is 12.5 Å². The Morgan fingerprint density at radius 3 is 2.80 bits per heavy atom. The van der Waals surface area contributed by atoms with Crippen molar-refractivity contribution in [3.8, 4) is 0 Å². The van der Waals surface area contributed by atoms with Crippen molar-refractivity contribution in [2.75, 3.05) is 0 Å². The molecule has 1 aromatic carbocycles. The van der Waals surface area contributed by atoms with Gasteiger partial charge in [0.15, 0.2) is 6.29 Å². The maximum atomic E-state index is 11.2. The van der Waals surface area contributed by atoms with Gasteiger partial charge in [0.1, 0.15) is 6.04 Å². The van der Waals surface area contributed by atoms with Crippen LogP contribution in [-0.4, -0.2) is 35.6 Å². The lowest BCUT2D eigenvalue weighted by molar-refractivity contribution is -0.231. The second-order valence-corrected chi connectivity index (χ2v) is 5.14. The zero-order valence-electron chi connectivity index (χ0n) is 11.8. The number of carbonyl (C=O) groups is 1. The van der Waals surface area contributed by atoms with E-state index >= 15 is 0 Å². The van der Waals surface area contributed by atoms with Gasteiger partial charge < -0.3 is 19.9 Å². The molecule has 110 valence electrons. The first-order valence-corrected chi connectivity index (χ1v) is 6.82. The summed E-state index contributed by atoms with van der Waals surface area (Å²) in [5.41, 5.74) is 1.02. The van der Waals surface area contributed by atoms with Crippen LogP contribution in [0, 0.1) is 0 Å². The molecule has 4 atom stereocenters. The molecule has 0 aliphatic carbocycles. The molecule has 0 saturated carbocycles. The number of hydrogen-bond donors (Lipinski definition) is 2. The second-order valence-electron chi connectivity index (χ2n) is 5.14. The molecule has 1 saturated heterocycles. The molecule has 0 spiro atoms.